The van der Waals surface area contributed by atoms with Crippen LogP contribution in [0.15, 0.2) is 42.5 Å². The molecule has 0 saturated heterocycles. The highest BCUT2D eigenvalue weighted by atomic mass is 35.5. The van der Waals surface area contributed by atoms with Crippen LogP contribution < -0.4 is 20.7 Å². The van der Waals surface area contributed by atoms with Crippen LogP contribution in [0.2, 0.25) is 0 Å². The number of benzene rings is 2. The summed E-state index contributed by atoms with van der Waals surface area (Å²) in [5, 5.41) is 1.34. The fourth-order valence-electron chi connectivity index (χ4n) is 3.81. The molecule has 2 aromatic carbocycles. The van der Waals surface area contributed by atoms with Crippen molar-refractivity contribution in [2.24, 2.45) is 5.84 Å². The smallest absolute Gasteiger partial charge is 0.132 e. The number of Topliss-reactive ketones (excluding diaryl/α,β-unsaturated/α-hetero) is 1. The van der Waals surface area contributed by atoms with Crippen molar-refractivity contribution in [1.29, 1.82) is 0 Å². The number of hydrogen-bond acceptors (Lipinski definition) is 5. The van der Waals surface area contributed by atoms with Crippen LogP contribution in [0.3, 0.4) is 0 Å². The van der Waals surface area contributed by atoms with Crippen molar-refractivity contribution >= 4 is 34.8 Å². The Bertz CT molecular complexity index is 939. The number of ether oxygens (including phenoxy) is 2. The van der Waals surface area contributed by atoms with E-state index in [9.17, 15) is 4.79 Å². The number of aromatic nitrogens is 1. The highest BCUT2D eigenvalue weighted by molar-refractivity contribution is 5.86. The summed E-state index contributed by atoms with van der Waals surface area (Å²) in [4.78, 5) is 13.7. The molecule has 2 aliphatic rings. The second-order valence-corrected chi connectivity index (χ2v) is 7.47. The summed E-state index contributed by atoms with van der Waals surface area (Å²) in [5.74, 6) is 7.39. The van der Waals surface area contributed by atoms with E-state index in [2.05, 4.69) is 22.5 Å². The van der Waals surface area contributed by atoms with Crippen LogP contribution in [0.1, 0.15) is 43.4 Å². The Hall–Kier alpha value is -2.70. The summed E-state index contributed by atoms with van der Waals surface area (Å²) in [6, 6.07) is 13.6. The largest absolute Gasteiger partial charge is 0.497 e. The Kier molecular flexibility index (Phi) is 9.69. The summed E-state index contributed by atoms with van der Waals surface area (Å²) in [5.41, 5.74) is 7.57. The number of methoxy groups -OCH3 is 2. The summed E-state index contributed by atoms with van der Waals surface area (Å²) >= 11 is 0. The molecule has 1 aromatic heterocycles. The lowest BCUT2D eigenvalue weighted by Crippen LogP contribution is -2.05. The van der Waals surface area contributed by atoms with Gasteiger partial charge in [-0.3, -0.25) is 10.6 Å². The zero-order valence-electron chi connectivity index (χ0n) is 18.2. The number of nitrogens with one attached hydrogen (secondary N) is 2. The fraction of sp³-hybridized carbons (Fsp3) is 0.375. The fourth-order valence-corrected chi connectivity index (χ4v) is 3.81. The molecule has 1 heterocycles. The van der Waals surface area contributed by atoms with Crippen LogP contribution in [0.25, 0.3) is 10.9 Å². The molecule has 1 saturated carbocycles. The number of ketones is 1. The number of carbonyl (C=O) groups is 1. The molecule has 6 nitrogen and oxygen atoms in total. The number of H-pyrrole nitrogens is 1. The van der Waals surface area contributed by atoms with E-state index in [1.165, 1.54) is 41.4 Å². The van der Waals surface area contributed by atoms with Crippen molar-refractivity contribution in [3.8, 4) is 11.5 Å². The first-order valence-corrected chi connectivity index (χ1v) is 10.4. The van der Waals surface area contributed by atoms with Crippen LogP contribution in [-0.4, -0.2) is 25.0 Å². The number of nitrogen functional groups attached to an aromatic ring is 1. The first kappa shape index (κ1) is 24.6. The summed E-state index contributed by atoms with van der Waals surface area (Å²) < 4.78 is 10.2. The van der Waals surface area contributed by atoms with Gasteiger partial charge in [0.2, 0.25) is 0 Å². The molecule has 0 atom stereocenters. The van der Waals surface area contributed by atoms with Crippen molar-refractivity contribution in [1.82, 2.24) is 4.98 Å². The van der Waals surface area contributed by atoms with Gasteiger partial charge in [-0.05, 0) is 80.1 Å². The minimum Gasteiger partial charge on any atom is -0.497 e. The predicted octanol–water partition coefficient (Wildman–Crippen LogP) is 5.20. The van der Waals surface area contributed by atoms with Gasteiger partial charge in [0, 0.05) is 35.1 Å². The van der Waals surface area contributed by atoms with Crippen molar-refractivity contribution in [3.63, 3.8) is 0 Å². The Morgan fingerprint density at radius 1 is 0.871 bits per heavy atom. The van der Waals surface area contributed by atoms with Crippen molar-refractivity contribution < 1.29 is 14.3 Å². The van der Waals surface area contributed by atoms with Crippen LogP contribution in [0.5, 0.6) is 11.5 Å². The number of halogens is 1. The average molecular weight is 446 g/mol. The van der Waals surface area contributed by atoms with Crippen LogP contribution in [0.4, 0.5) is 5.69 Å². The predicted molar refractivity (Wildman–Crippen MR) is 128 cm³/mol. The molecule has 168 valence electrons. The van der Waals surface area contributed by atoms with Crippen LogP contribution in [0, 0.1) is 0 Å². The van der Waals surface area contributed by atoms with Gasteiger partial charge in [-0.25, -0.2) is 0 Å². The van der Waals surface area contributed by atoms with Gasteiger partial charge in [0.25, 0.3) is 0 Å². The minimum atomic E-state index is 0. The highest BCUT2D eigenvalue weighted by Gasteiger charge is 2.16. The molecule has 7 heteroatoms. The first-order chi connectivity index (χ1) is 14.6. The van der Waals surface area contributed by atoms with E-state index in [-0.39, 0.29) is 12.4 Å². The molecule has 0 radical (unpaired) electrons. The third-order valence-electron chi connectivity index (χ3n) is 5.47. The standard InChI is InChI=1S/C12H13NO.C7H10N2O.C5H8O.ClH/c1-14-8-5-6-12-10(7-8)9-3-2-4-11(9)13-12;1-10-7-4-2-6(9-8)3-5-7;6-5-3-1-2-4-5;/h5-7,13H,2-4H2,1H3;2-5,9H,8H2,1H3;1-4H2;1H. The van der Waals surface area contributed by atoms with Gasteiger partial charge in [-0.2, -0.15) is 0 Å². The number of fused-ring (bicyclic) bond motifs is 3. The second-order valence-electron chi connectivity index (χ2n) is 7.47. The lowest BCUT2D eigenvalue weighted by molar-refractivity contribution is -0.117. The number of anilines is 1. The lowest BCUT2D eigenvalue weighted by atomic mass is 10.1. The van der Waals surface area contributed by atoms with Gasteiger partial charge in [0.05, 0.1) is 14.2 Å². The lowest BCUT2D eigenvalue weighted by Gasteiger charge is -2.00. The molecule has 5 rings (SSSR count). The number of hydrogen-bond donors (Lipinski definition) is 3. The molecule has 2 aliphatic carbocycles. The maximum absolute atomic E-state index is 10.2. The Balaban J connectivity index is 0.000000177. The average Bonchev–Trinajstić information content (AvgIpc) is 3.52. The number of aryl methyl sites for hydroxylation is 2. The molecule has 4 N–H and O–H groups in total. The third kappa shape index (κ3) is 6.64. The van der Waals surface area contributed by atoms with Gasteiger partial charge in [-0.1, -0.05) is 0 Å². The van der Waals surface area contributed by atoms with Gasteiger partial charge in [-0.15, -0.1) is 12.4 Å². The molecule has 31 heavy (non-hydrogen) atoms. The zero-order chi connectivity index (χ0) is 21.3. The molecule has 3 aromatic rings. The molecule has 0 spiro atoms. The topological polar surface area (TPSA) is 89.4 Å². The highest BCUT2D eigenvalue weighted by Crippen LogP contribution is 2.31. The van der Waals surface area contributed by atoms with E-state index in [1.807, 2.05) is 30.3 Å². The maximum Gasteiger partial charge on any atom is 0.132 e. The molecular formula is C24H32ClN3O3. The monoisotopic (exact) mass is 445 g/mol. The molecule has 0 aliphatic heterocycles. The van der Waals surface area contributed by atoms with Gasteiger partial charge in [0.1, 0.15) is 17.3 Å². The van der Waals surface area contributed by atoms with E-state index >= 15 is 0 Å². The van der Waals surface area contributed by atoms with Gasteiger partial charge in [0.15, 0.2) is 0 Å². The molecule has 1 fully saturated rings. The van der Waals surface area contributed by atoms with E-state index < -0.39 is 0 Å². The normalized spacial score (nSPS) is 13.8. The van der Waals surface area contributed by atoms with Crippen molar-refractivity contribution in [2.75, 3.05) is 19.6 Å². The Labute approximate surface area is 189 Å². The van der Waals surface area contributed by atoms with E-state index in [4.69, 9.17) is 15.3 Å². The minimum absolute atomic E-state index is 0. The first-order valence-electron chi connectivity index (χ1n) is 10.4. The number of aromatic amines is 1. The Morgan fingerprint density at radius 3 is 2.06 bits per heavy atom. The quantitative estimate of drug-likeness (QED) is 0.381. The zero-order valence-corrected chi connectivity index (χ0v) is 19.0. The third-order valence-corrected chi connectivity index (χ3v) is 5.47. The molecule has 0 unspecified atom stereocenters. The number of carbonyl (C=O) groups excluding carboxylic acids is 1. The van der Waals surface area contributed by atoms with Gasteiger partial charge < -0.3 is 19.9 Å². The maximum atomic E-state index is 10.2. The molecular weight excluding hydrogens is 414 g/mol. The van der Waals surface area contributed by atoms with E-state index in [0.29, 0.717) is 5.78 Å². The second kappa shape index (κ2) is 12.2. The number of hydrazine groups is 1. The summed E-state index contributed by atoms with van der Waals surface area (Å²) in [6.45, 7) is 0. The van der Waals surface area contributed by atoms with E-state index in [1.54, 1.807) is 14.2 Å². The van der Waals surface area contributed by atoms with Crippen LogP contribution in [-0.2, 0) is 17.6 Å². The number of rotatable bonds is 3. The van der Waals surface area contributed by atoms with Crippen LogP contribution >= 0.6 is 12.4 Å². The SMILES string of the molecule is COc1ccc(NN)cc1.COc1ccc2[nH]c3c(c2c1)CCC3.Cl.O=C1CCCC1. The summed E-state index contributed by atoms with van der Waals surface area (Å²) in [6.07, 6.45) is 7.67. The number of nitrogens with two attached hydrogens (primary N) is 1. The summed E-state index contributed by atoms with van der Waals surface area (Å²) in [7, 11) is 3.35. The van der Waals surface area contributed by atoms with Crippen molar-refractivity contribution in [3.05, 3.63) is 53.7 Å². The van der Waals surface area contributed by atoms with Gasteiger partial charge >= 0.3 is 0 Å². The molecule has 0 amide bonds. The van der Waals surface area contributed by atoms with Crippen molar-refractivity contribution in [2.45, 2.75) is 44.9 Å². The Morgan fingerprint density at radius 2 is 1.52 bits per heavy atom. The van der Waals surface area contributed by atoms with E-state index in [0.717, 1.165) is 42.9 Å². The molecule has 0 bridgehead atoms.